The van der Waals surface area contributed by atoms with Gasteiger partial charge in [-0.2, -0.15) is 10.1 Å². The first kappa shape index (κ1) is 32.5. The maximum Gasteiger partial charge on any atom is 0.407 e. The lowest BCUT2D eigenvalue weighted by Gasteiger charge is -2.35. The van der Waals surface area contributed by atoms with Gasteiger partial charge in [0.15, 0.2) is 18.1 Å². The molecule has 2 saturated heterocycles. The third kappa shape index (κ3) is 7.39. The van der Waals surface area contributed by atoms with Crippen LogP contribution in [0.4, 0.5) is 4.79 Å². The van der Waals surface area contributed by atoms with Crippen molar-refractivity contribution in [3.8, 4) is 11.6 Å². The number of nitrogens with one attached hydrogen (secondary N) is 1. The smallest absolute Gasteiger partial charge is 0.407 e. The molecule has 4 amide bonds. The number of para-hydroxylation sites is 1. The number of amides is 4. The van der Waals surface area contributed by atoms with Gasteiger partial charge in [-0.15, -0.1) is 0 Å². The Bertz CT molecular complexity index is 1660. The molecule has 1 saturated carbocycles. The van der Waals surface area contributed by atoms with Crippen molar-refractivity contribution < 1.29 is 43.4 Å². The molecule has 17 nitrogen and oxygen atoms in total. The van der Waals surface area contributed by atoms with Crippen molar-refractivity contribution in [2.24, 2.45) is 0 Å². The first-order chi connectivity index (χ1) is 23.2. The number of nitrogens with zero attached hydrogens (tertiary/aromatic N) is 7. The number of rotatable bonds is 12. The molecule has 3 aromatic rings. The van der Waals surface area contributed by atoms with Crippen molar-refractivity contribution in [3.63, 3.8) is 0 Å². The van der Waals surface area contributed by atoms with E-state index >= 15 is 0 Å². The van der Waals surface area contributed by atoms with E-state index in [4.69, 9.17) is 9.26 Å². The van der Waals surface area contributed by atoms with Crippen LogP contribution in [0.2, 0.25) is 0 Å². The van der Waals surface area contributed by atoms with Gasteiger partial charge in [-0.3, -0.25) is 19.2 Å². The summed E-state index contributed by atoms with van der Waals surface area (Å²) in [5.41, 5.74) is 0.425. The lowest BCUT2D eigenvalue weighted by molar-refractivity contribution is -0.138. The number of aliphatic carboxylic acids is 1. The molecule has 0 unspecified atom stereocenters. The van der Waals surface area contributed by atoms with Gasteiger partial charge in [-0.25, -0.2) is 9.48 Å². The number of likely N-dealkylation sites (tertiary alicyclic amines) is 1. The number of carboxylic acids is 1. The number of hydrogen-bond acceptors (Lipinski definition) is 10. The molecule has 6 rings (SSSR count). The van der Waals surface area contributed by atoms with Crippen LogP contribution in [0.5, 0.6) is 5.88 Å². The molecule has 3 aliphatic rings. The van der Waals surface area contributed by atoms with Crippen LogP contribution in [-0.2, 0) is 14.4 Å². The van der Waals surface area contributed by atoms with E-state index in [0.717, 1.165) is 19.3 Å². The van der Waals surface area contributed by atoms with Crippen molar-refractivity contribution in [2.45, 2.75) is 56.5 Å². The summed E-state index contributed by atoms with van der Waals surface area (Å²) >= 11 is 0. The van der Waals surface area contributed by atoms with E-state index in [1.54, 1.807) is 35.2 Å². The average Bonchev–Trinajstić information content (AvgIpc) is 3.45. The normalized spacial score (nSPS) is 18.4. The number of benzene rings is 1. The number of carbonyl (C=O) groups excluding carboxylic acids is 3. The quantitative estimate of drug-likeness (QED) is 0.252. The third-order valence-electron chi connectivity index (χ3n) is 8.62. The topological polar surface area (TPSA) is 214 Å². The van der Waals surface area contributed by atoms with Crippen molar-refractivity contribution in [3.05, 3.63) is 53.8 Å². The second-order valence-electron chi connectivity index (χ2n) is 12.0. The predicted molar refractivity (Wildman–Crippen MR) is 163 cm³/mol. The molecule has 254 valence electrons. The van der Waals surface area contributed by atoms with Crippen molar-refractivity contribution in [1.29, 1.82) is 0 Å². The van der Waals surface area contributed by atoms with Gasteiger partial charge < -0.3 is 39.5 Å². The fourth-order valence-electron chi connectivity index (χ4n) is 5.86. The summed E-state index contributed by atoms with van der Waals surface area (Å²) < 4.78 is 12.8. The molecule has 2 atom stereocenters. The molecular weight excluding hydrogens is 628 g/mol. The van der Waals surface area contributed by atoms with Crippen LogP contribution in [0.15, 0.2) is 40.9 Å². The highest BCUT2D eigenvalue weighted by atomic mass is 16.5. The Morgan fingerprint density at radius 1 is 0.979 bits per heavy atom. The van der Waals surface area contributed by atoms with E-state index in [1.165, 1.54) is 20.5 Å². The largest absolute Gasteiger partial charge is 0.481 e. The lowest BCUT2D eigenvalue weighted by atomic mass is 10.1. The predicted octanol–water partition coefficient (Wildman–Crippen LogP) is 1.66. The zero-order chi connectivity index (χ0) is 33.8. The summed E-state index contributed by atoms with van der Waals surface area (Å²) in [6.07, 6.45) is 1.84. The second-order valence-corrected chi connectivity index (χ2v) is 12.0. The Kier molecular flexibility index (Phi) is 9.54. The number of hydrogen-bond donors (Lipinski definition) is 3. The monoisotopic (exact) mass is 664 g/mol. The van der Waals surface area contributed by atoms with Gasteiger partial charge in [0.1, 0.15) is 12.1 Å². The number of aromatic nitrogens is 4. The minimum Gasteiger partial charge on any atom is -0.481 e. The molecule has 1 aromatic carbocycles. The Hall–Kier alpha value is -5.48. The van der Waals surface area contributed by atoms with Crippen LogP contribution in [0.1, 0.15) is 72.7 Å². The third-order valence-corrected chi connectivity index (χ3v) is 8.62. The van der Waals surface area contributed by atoms with Gasteiger partial charge in [-0.1, -0.05) is 23.4 Å². The zero-order valence-corrected chi connectivity index (χ0v) is 26.1. The van der Waals surface area contributed by atoms with Gasteiger partial charge in [0.2, 0.25) is 17.7 Å². The molecular formula is C31H36N8O9. The van der Waals surface area contributed by atoms with E-state index in [1.807, 2.05) is 0 Å². The number of piperazine rings is 1. The molecule has 3 N–H and O–H groups in total. The summed E-state index contributed by atoms with van der Waals surface area (Å²) in [5.74, 6) is -1.23. The summed E-state index contributed by atoms with van der Waals surface area (Å²) in [4.78, 5) is 71.6. The van der Waals surface area contributed by atoms with E-state index in [-0.39, 0.29) is 69.2 Å². The van der Waals surface area contributed by atoms with E-state index in [9.17, 15) is 34.2 Å². The fourth-order valence-corrected chi connectivity index (χ4v) is 5.86. The summed E-state index contributed by atoms with van der Waals surface area (Å²) in [5, 5.41) is 29.6. The lowest BCUT2D eigenvalue weighted by Crippen LogP contribution is -2.55. The maximum absolute atomic E-state index is 13.5. The van der Waals surface area contributed by atoms with Crippen LogP contribution in [-0.4, -0.2) is 120 Å². The van der Waals surface area contributed by atoms with E-state index in [2.05, 4.69) is 20.6 Å². The molecule has 1 aliphatic carbocycles. The number of carbonyl (C=O) groups is 5. The first-order valence-electron chi connectivity index (χ1n) is 15.9. The molecule has 3 fully saturated rings. The summed E-state index contributed by atoms with van der Waals surface area (Å²) in [6.45, 7) is 0.529. The molecule has 4 heterocycles. The Balaban J connectivity index is 1.16. The molecule has 0 radical (unpaired) electrons. The van der Waals surface area contributed by atoms with Crippen LogP contribution < -0.4 is 10.1 Å². The Morgan fingerprint density at radius 3 is 2.40 bits per heavy atom. The molecule has 2 aromatic heterocycles. The minimum absolute atomic E-state index is 0.0934. The summed E-state index contributed by atoms with van der Waals surface area (Å²) in [7, 11) is 0. The van der Waals surface area contributed by atoms with Crippen LogP contribution >= 0.6 is 0 Å². The van der Waals surface area contributed by atoms with E-state index in [0.29, 0.717) is 36.3 Å². The molecule has 48 heavy (non-hydrogen) atoms. The van der Waals surface area contributed by atoms with Gasteiger partial charge >= 0.3 is 12.1 Å². The number of carboxylic acid groups (broad SMARTS) is 2. The fraction of sp³-hybridized carbons (Fsp3) is 0.484. The molecule has 2 aliphatic heterocycles. The first-order valence-corrected chi connectivity index (χ1v) is 15.9. The highest BCUT2D eigenvalue weighted by Gasteiger charge is 2.37. The number of ether oxygens (including phenoxy) is 1. The zero-order valence-electron chi connectivity index (χ0n) is 26.1. The Labute approximate surface area is 274 Å². The average molecular weight is 665 g/mol. The standard InChI is InChI=1S/C31H36N8O9/c40-24(38-12-4-7-23(38)29-33-27(35-48-29)19-8-9-19)18-47-25-17-22(34-39(25)20-5-2-1-3-6-20)28(43)32-21(10-11-26(41)42)30(44)36-13-15-37(16-14-36)31(45)46/h1-3,5-6,17,19,21,23H,4,7-16,18H2,(H,32,43)(H,41,42)(H,45,46)/t21-,23-/m0/s1. The maximum atomic E-state index is 13.5. The van der Waals surface area contributed by atoms with Gasteiger partial charge in [0.25, 0.3) is 11.8 Å². The SMILES string of the molecule is O=C(O)CC[C@H](NC(=O)c1cc(OCC(=O)N2CCC[C@H]2c2nc(C3CC3)no2)n(-c2ccccc2)n1)C(=O)N1CCN(C(=O)O)CC1. The van der Waals surface area contributed by atoms with Crippen LogP contribution in [0.3, 0.4) is 0 Å². The highest BCUT2D eigenvalue weighted by Crippen LogP contribution is 2.39. The summed E-state index contributed by atoms with van der Waals surface area (Å²) in [6, 6.07) is 8.62. The van der Waals surface area contributed by atoms with Gasteiger partial charge in [0, 0.05) is 51.1 Å². The molecule has 0 spiro atoms. The van der Waals surface area contributed by atoms with Crippen LogP contribution in [0, 0.1) is 0 Å². The van der Waals surface area contributed by atoms with Crippen molar-refractivity contribution in [2.75, 3.05) is 39.3 Å². The minimum atomic E-state index is -1.20. The Morgan fingerprint density at radius 2 is 1.71 bits per heavy atom. The highest BCUT2D eigenvalue weighted by molar-refractivity contribution is 5.96. The molecule has 17 heteroatoms. The van der Waals surface area contributed by atoms with Crippen LogP contribution in [0.25, 0.3) is 5.69 Å². The molecule has 0 bridgehead atoms. The van der Waals surface area contributed by atoms with Crippen molar-refractivity contribution >= 4 is 29.8 Å². The van der Waals surface area contributed by atoms with Crippen molar-refractivity contribution in [1.82, 2.24) is 39.9 Å². The van der Waals surface area contributed by atoms with E-state index < -0.39 is 29.9 Å². The van der Waals surface area contributed by atoms with Gasteiger partial charge in [0.05, 0.1) is 5.69 Å². The van der Waals surface area contributed by atoms with Gasteiger partial charge in [-0.05, 0) is 44.2 Å². The second kappa shape index (κ2) is 14.1.